The minimum Gasteiger partial charge on any atom is -0.489 e. The standard InChI is InChI=1S/C27H30N6O3/c1-2-19-16-30-27(31-17-19)32-11-8-22(9-12-32)36-23-4-6-25(29-18-23)33-13-7-20-15-21(3-5-24(20)33)26(35)28-10-14-34/h3-7,13,15-18,22,34H,2,8-12,14H2,1H3,(H,28,35). The van der Waals surface area contributed by atoms with Crippen LogP contribution in [0.1, 0.15) is 35.7 Å². The van der Waals surface area contributed by atoms with Gasteiger partial charge in [0.1, 0.15) is 17.7 Å². The summed E-state index contributed by atoms with van der Waals surface area (Å²) in [6.07, 6.45) is 10.4. The number of hydrogen-bond donors (Lipinski definition) is 2. The van der Waals surface area contributed by atoms with Crippen LogP contribution in [0.5, 0.6) is 5.75 Å². The Labute approximate surface area is 209 Å². The van der Waals surface area contributed by atoms with Gasteiger partial charge >= 0.3 is 0 Å². The smallest absolute Gasteiger partial charge is 0.251 e. The van der Waals surface area contributed by atoms with Crippen molar-refractivity contribution in [2.24, 2.45) is 0 Å². The number of hydrogen-bond acceptors (Lipinski definition) is 7. The third-order valence-electron chi connectivity index (χ3n) is 6.44. The van der Waals surface area contributed by atoms with Crippen molar-refractivity contribution in [2.75, 3.05) is 31.1 Å². The van der Waals surface area contributed by atoms with E-state index in [9.17, 15) is 4.79 Å². The van der Waals surface area contributed by atoms with Crippen LogP contribution in [0.15, 0.2) is 61.2 Å². The molecule has 1 fully saturated rings. The number of ether oxygens (including phenoxy) is 1. The number of pyridine rings is 1. The molecule has 0 bridgehead atoms. The summed E-state index contributed by atoms with van der Waals surface area (Å²) in [5, 5.41) is 12.5. The molecule has 1 aliphatic heterocycles. The number of benzene rings is 1. The maximum absolute atomic E-state index is 12.2. The molecule has 0 saturated carbocycles. The normalized spacial score (nSPS) is 14.2. The van der Waals surface area contributed by atoms with E-state index in [4.69, 9.17) is 9.84 Å². The minimum absolute atomic E-state index is 0.0859. The number of aryl methyl sites for hydroxylation is 1. The second kappa shape index (κ2) is 10.7. The molecule has 4 heterocycles. The fourth-order valence-electron chi connectivity index (χ4n) is 4.40. The van der Waals surface area contributed by atoms with Gasteiger partial charge in [-0.05, 0) is 48.4 Å². The highest BCUT2D eigenvalue weighted by atomic mass is 16.5. The molecule has 0 radical (unpaired) electrons. The van der Waals surface area contributed by atoms with Crippen molar-refractivity contribution in [3.8, 4) is 11.6 Å². The van der Waals surface area contributed by atoms with Crippen molar-refractivity contribution in [3.05, 3.63) is 72.3 Å². The molecule has 186 valence electrons. The van der Waals surface area contributed by atoms with E-state index in [1.54, 1.807) is 12.3 Å². The number of aromatic nitrogens is 4. The molecule has 0 aliphatic carbocycles. The lowest BCUT2D eigenvalue weighted by Gasteiger charge is -2.32. The lowest BCUT2D eigenvalue weighted by Crippen LogP contribution is -2.39. The Bertz CT molecular complexity index is 1310. The number of carbonyl (C=O) groups excluding carboxylic acids is 1. The quantitative estimate of drug-likeness (QED) is 0.394. The number of piperidine rings is 1. The molecular weight excluding hydrogens is 456 g/mol. The van der Waals surface area contributed by atoms with E-state index in [-0.39, 0.29) is 25.2 Å². The zero-order valence-corrected chi connectivity index (χ0v) is 20.3. The SMILES string of the molecule is CCc1cnc(N2CCC(Oc3ccc(-n4ccc5cc(C(=O)NCCO)ccc54)nc3)CC2)nc1. The van der Waals surface area contributed by atoms with Crippen LogP contribution >= 0.6 is 0 Å². The number of nitrogens with one attached hydrogen (secondary N) is 1. The largest absolute Gasteiger partial charge is 0.489 e. The van der Waals surface area contributed by atoms with Crippen LogP contribution in [0.2, 0.25) is 0 Å². The van der Waals surface area contributed by atoms with E-state index in [2.05, 4.69) is 32.1 Å². The highest BCUT2D eigenvalue weighted by Crippen LogP contribution is 2.24. The predicted molar refractivity (Wildman–Crippen MR) is 138 cm³/mol. The van der Waals surface area contributed by atoms with Gasteiger partial charge in [-0.3, -0.25) is 4.79 Å². The summed E-state index contributed by atoms with van der Waals surface area (Å²) in [7, 11) is 0. The Morgan fingerprint density at radius 3 is 2.58 bits per heavy atom. The number of fused-ring (bicyclic) bond motifs is 1. The summed E-state index contributed by atoms with van der Waals surface area (Å²) in [6.45, 7) is 3.96. The molecule has 9 nitrogen and oxygen atoms in total. The highest BCUT2D eigenvalue weighted by Gasteiger charge is 2.22. The summed E-state index contributed by atoms with van der Waals surface area (Å²) in [4.78, 5) is 28.0. The Morgan fingerprint density at radius 1 is 1.08 bits per heavy atom. The summed E-state index contributed by atoms with van der Waals surface area (Å²) in [6, 6.07) is 11.4. The van der Waals surface area contributed by atoms with E-state index in [0.29, 0.717) is 5.56 Å². The van der Waals surface area contributed by atoms with Crippen molar-refractivity contribution in [1.29, 1.82) is 0 Å². The Kier molecular flexibility index (Phi) is 7.08. The highest BCUT2D eigenvalue weighted by molar-refractivity contribution is 5.98. The fraction of sp³-hybridized carbons (Fsp3) is 0.333. The van der Waals surface area contributed by atoms with Crippen LogP contribution in [0, 0.1) is 0 Å². The number of anilines is 1. The molecular formula is C27H30N6O3. The molecule has 0 atom stereocenters. The van der Waals surface area contributed by atoms with Gasteiger partial charge in [-0.1, -0.05) is 6.92 Å². The molecule has 5 rings (SSSR count). The van der Waals surface area contributed by atoms with E-state index < -0.39 is 0 Å². The zero-order chi connectivity index (χ0) is 24.9. The lowest BCUT2D eigenvalue weighted by atomic mass is 10.1. The van der Waals surface area contributed by atoms with Crippen LogP contribution in [0.4, 0.5) is 5.95 Å². The van der Waals surface area contributed by atoms with Gasteiger partial charge < -0.3 is 24.6 Å². The molecule has 1 aromatic carbocycles. The van der Waals surface area contributed by atoms with Crippen molar-refractivity contribution >= 4 is 22.8 Å². The van der Waals surface area contributed by atoms with E-state index >= 15 is 0 Å². The monoisotopic (exact) mass is 486 g/mol. The first-order valence-electron chi connectivity index (χ1n) is 12.3. The molecule has 0 unspecified atom stereocenters. The molecule has 0 spiro atoms. The molecule has 9 heteroatoms. The molecule has 36 heavy (non-hydrogen) atoms. The average Bonchev–Trinajstić information content (AvgIpc) is 3.36. The van der Waals surface area contributed by atoms with Crippen molar-refractivity contribution in [1.82, 2.24) is 24.8 Å². The first kappa shape index (κ1) is 23.7. The third kappa shape index (κ3) is 5.16. The van der Waals surface area contributed by atoms with Gasteiger partial charge in [0, 0.05) is 62.0 Å². The number of nitrogens with zero attached hydrogens (tertiary/aromatic N) is 5. The topological polar surface area (TPSA) is 105 Å². The van der Waals surface area contributed by atoms with E-state index in [1.807, 2.05) is 53.5 Å². The predicted octanol–water partition coefficient (Wildman–Crippen LogP) is 3.15. The summed E-state index contributed by atoms with van der Waals surface area (Å²) in [5.74, 6) is 2.11. The van der Waals surface area contributed by atoms with Crippen LogP contribution in [-0.4, -0.2) is 62.9 Å². The van der Waals surface area contributed by atoms with Crippen molar-refractivity contribution in [2.45, 2.75) is 32.3 Å². The van der Waals surface area contributed by atoms with Gasteiger partial charge in [0.25, 0.3) is 5.91 Å². The summed E-state index contributed by atoms with van der Waals surface area (Å²) in [5.41, 5.74) is 2.66. The molecule has 2 N–H and O–H groups in total. The maximum Gasteiger partial charge on any atom is 0.251 e. The Hall–Kier alpha value is -3.98. The summed E-state index contributed by atoms with van der Waals surface area (Å²) >= 11 is 0. The number of amides is 1. The second-order valence-electron chi connectivity index (χ2n) is 8.84. The van der Waals surface area contributed by atoms with Crippen molar-refractivity contribution in [3.63, 3.8) is 0 Å². The van der Waals surface area contributed by atoms with Gasteiger partial charge in [0.2, 0.25) is 5.95 Å². The molecule has 3 aromatic heterocycles. The Morgan fingerprint density at radius 2 is 1.89 bits per heavy atom. The van der Waals surface area contributed by atoms with Gasteiger partial charge in [0.05, 0.1) is 18.3 Å². The molecule has 4 aromatic rings. The lowest BCUT2D eigenvalue weighted by molar-refractivity contribution is 0.0945. The van der Waals surface area contributed by atoms with Crippen LogP contribution in [0.3, 0.4) is 0 Å². The van der Waals surface area contributed by atoms with Crippen LogP contribution in [0.25, 0.3) is 16.7 Å². The first-order chi connectivity index (χ1) is 17.6. The van der Waals surface area contributed by atoms with Gasteiger partial charge in [0.15, 0.2) is 0 Å². The van der Waals surface area contributed by atoms with E-state index in [1.165, 1.54) is 0 Å². The first-order valence-corrected chi connectivity index (χ1v) is 12.3. The van der Waals surface area contributed by atoms with Gasteiger partial charge in [-0.2, -0.15) is 0 Å². The molecule has 1 saturated heterocycles. The minimum atomic E-state index is -0.203. The zero-order valence-electron chi connectivity index (χ0n) is 20.3. The van der Waals surface area contributed by atoms with E-state index in [0.717, 1.165) is 66.3 Å². The van der Waals surface area contributed by atoms with Crippen molar-refractivity contribution < 1.29 is 14.6 Å². The van der Waals surface area contributed by atoms with Gasteiger partial charge in [-0.25, -0.2) is 15.0 Å². The van der Waals surface area contributed by atoms with Gasteiger partial charge in [-0.15, -0.1) is 0 Å². The second-order valence-corrected chi connectivity index (χ2v) is 8.84. The third-order valence-corrected chi connectivity index (χ3v) is 6.44. The number of carbonyl (C=O) groups is 1. The molecule has 1 amide bonds. The average molecular weight is 487 g/mol. The van der Waals surface area contributed by atoms with Crippen LogP contribution in [-0.2, 0) is 6.42 Å². The maximum atomic E-state index is 12.2. The fourth-order valence-corrected chi connectivity index (χ4v) is 4.40. The number of aliphatic hydroxyl groups is 1. The molecule has 1 aliphatic rings. The summed E-state index contributed by atoms with van der Waals surface area (Å²) < 4.78 is 8.19. The van der Waals surface area contributed by atoms with Crippen LogP contribution < -0.4 is 15.0 Å². The Balaban J connectivity index is 1.20. The number of aliphatic hydroxyl groups excluding tert-OH is 1. The number of rotatable bonds is 8.